The average molecular weight is 1910 g/mol. The number of nitrogens with zero attached hydrogens (tertiary/aromatic N) is 12. The molecule has 0 saturated carbocycles. The molecule has 0 aliphatic heterocycles. The molecule has 3 unspecified atom stereocenters. The van der Waals surface area contributed by atoms with Gasteiger partial charge in [0.05, 0.1) is 71.9 Å². The lowest BCUT2D eigenvalue weighted by atomic mass is 10.2. The third-order valence-electron chi connectivity index (χ3n) is 19.1. The second-order valence-electron chi connectivity index (χ2n) is 29.4. The van der Waals surface area contributed by atoms with E-state index in [0.29, 0.717) is 40.7 Å². The van der Waals surface area contributed by atoms with Crippen LogP contribution in [0.5, 0.6) is 34.5 Å². The van der Waals surface area contributed by atoms with E-state index in [4.69, 9.17) is 28.8 Å². The number of alkyl halides is 3. The van der Waals surface area contributed by atoms with E-state index < -0.39 is 44.3 Å². The van der Waals surface area contributed by atoms with Gasteiger partial charge in [-0.25, -0.2) is 53.0 Å². The minimum Gasteiger partial charge on any atom is -0.508 e. The molecule has 0 aliphatic rings. The van der Waals surface area contributed by atoms with Crippen LogP contribution in [-0.4, -0.2) is 170 Å². The summed E-state index contributed by atoms with van der Waals surface area (Å²) in [6.45, 7) is 12.3. The Bertz CT molecular complexity index is 6660. The number of methoxy groups -OCH3 is 2. The highest BCUT2D eigenvalue weighted by Gasteiger charge is 2.15. The normalized spacial score (nSPS) is 12.2. The molecule has 694 valence electrons. The zero-order chi connectivity index (χ0) is 95.6. The van der Waals surface area contributed by atoms with Gasteiger partial charge in [-0.2, -0.15) is 4.39 Å². The second kappa shape index (κ2) is 53.6. The van der Waals surface area contributed by atoms with Crippen LogP contribution in [0.4, 0.5) is 29.2 Å². The highest BCUT2D eigenvalue weighted by atomic mass is 32.1. The van der Waals surface area contributed by atoms with Crippen LogP contribution in [0.15, 0.2) is 250 Å². The molecule has 21 nitrogen and oxygen atoms in total. The number of thiazole rings is 5. The average Bonchev–Trinajstić information content (AvgIpc) is 1.50. The summed E-state index contributed by atoms with van der Waals surface area (Å²) in [4.78, 5) is 48.2. The van der Waals surface area contributed by atoms with Crippen LogP contribution in [0.3, 0.4) is 0 Å². The first-order valence-electron chi connectivity index (χ1n) is 42.9. The van der Waals surface area contributed by atoms with E-state index in [1.165, 1.54) is 34.0 Å². The summed E-state index contributed by atoms with van der Waals surface area (Å²) in [7, 11) is 7.17. The van der Waals surface area contributed by atoms with Gasteiger partial charge in [-0.15, -0.1) is 69.8 Å². The molecule has 135 heavy (non-hydrogen) atoms. The number of hydrogen-bond acceptors (Lipinski definition) is 26. The van der Waals surface area contributed by atoms with Gasteiger partial charge in [0, 0.05) is 92.3 Å². The maximum Gasteiger partial charge on any atom is 0.220 e. The summed E-state index contributed by atoms with van der Waals surface area (Å²) in [5.74, 6) is 10.7. The van der Waals surface area contributed by atoms with E-state index in [0.717, 1.165) is 153 Å². The molecule has 5 aromatic carbocycles. The number of aromatic hydroxyl groups is 1. The monoisotopic (exact) mass is 1910 g/mol. The van der Waals surface area contributed by atoms with Crippen LogP contribution >= 0.6 is 56.7 Å². The Morgan fingerprint density at radius 1 is 0.437 bits per heavy atom. The Morgan fingerprint density at radius 3 is 1.30 bits per heavy atom. The lowest BCUT2D eigenvalue weighted by Gasteiger charge is -2.20. The van der Waals surface area contributed by atoms with Gasteiger partial charge in [0.2, 0.25) is 5.95 Å². The molecule has 0 radical (unpaired) electrons. The number of phenols is 1. The first-order valence-corrected chi connectivity index (χ1v) is 47.0. The van der Waals surface area contributed by atoms with Gasteiger partial charge in [-0.05, 0) is 200 Å². The molecule has 0 bridgehead atoms. The van der Waals surface area contributed by atoms with E-state index in [2.05, 4.69) is 99.7 Å². The molecule has 15 rings (SSSR count). The maximum absolute atomic E-state index is 13.7. The summed E-state index contributed by atoms with van der Waals surface area (Å²) < 4.78 is 82.8. The number of anilines is 2. The van der Waals surface area contributed by atoms with Gasteiger partial charge in [0.1, 0.15) is 111 Å². The fourth-order valence-electron chi connectivity index (χ4n) is 12.1. The molecule has 0 saturated heterocycles. The predicted octanol–water partition coefficient (Wildman–Crippen LogP) is 23.3. The molecule has 0 aliphatic carbocycles. The number of benzene rings is 5. The van der Waals surface area contributed by atoms with Crippen LogP contribution in [-0.2, 0) is 19.3 Å². The minimum absolute atomic E-state index is 0.0630. The molecule has 0 fully saturated rings. The Morgan fingerprint density at radius 2 is 0.859 bits per heavy atom. The highest BCUT2D eigenvalue weighted by molar-refractivity contribution is 7.20. The second-order valence-corrected chi connectivity index (χ2v) is 34.7. The Balaban J connectivity index is 0.000000163. The van der Waals surface area contributed by atoms with Gasteiger partial charge >= 0.3 is 0 Å². The van der Waals surface area contributed by atoms with Crippen LogP contribution < -0.4 is 33.5 Å². The molecule has 10 aromatic heterocycles. The van der Waals surface area contributed by atoms with Crippen molar-refractivity contribution in [2.24, 2.45) is 0 Å². The van der Waals surface area contributed by atoms with E-state index in [9.17, 15) is 32.9 Å². The fraction of sp³-hybridized carbons (Fsp3) is 0.200. The molecule has 15 aromatic rings. The van der Waals surface area contributed by atoms with Crippen molar-refractivity contribution in [3.8, 4) is 46.3 Å². The van der Waals surface area contributed by atoms with Crippen LogP contribution in [0.25, 0.3) is 106 Å². The molecular formula is C105H102F4N12O9S5. The highest BCUT2D eigenvalue weighted by Crippen LogP contribution is 2.37. The Kier molecular flexibility index (Phi) is 40.3. The number of aryl methyl sites for hydroxylation is 3. The first kappa shape index (κ1) is 102. The summed E-state index contributed by atoms with van der Waals surface area (Å²) in [6, 6.07) is 44.9. The number of rotatable bonds is 36. The number of hydrogen-bond donors (Lipinski definition) is 4. The van der Waals surface area contributed by atoms with Crippen molar-refractivity contribution < 1.29 is 61.7 Å². The smallest absolute Gasteiger partial charge is 0.220 e. The quantitative estimate of drug-likeness (QED) is 0.00935. The van der Waals surface area contributed by atoms with Gasteiger partial charge in [0.15, 0.2) is 11.5 Å². The zero-order valence-electron chi connectivity index (χ0n) is 75.4. The standard InChI is InChI=1S/C24H25N3O2S.C21H22FN3O2S.C21H21FN2O2S.C21H19FN2O2S.C18H15FN2OS/c1-5-13-27(14-6-2)23-12-11-18(17-25-23)9-7-8-10-24-26-19-15-20(28-3)21(29-4)16-22(19)30-24;1-25(2)20-10-7-15(13-23-20)5-3-4-6-21-24-18-9-8-16(11-19(18)28-21)27-17(12-22)14-26;2*1-2-16-8-7-15(13-23-16)5-3-4-6-21-24-19-10-9-18(11-20(19)27-21)26-14-17(25)12-22;1-2-13-8-7-12(18(19)20-13)5-3-4-6-17-21-15-10-9-14(22)11-16(15)23-17/h5-12,15-17H,1-2,13-14H2,3-4H3;3-11,13,17,26H,12,14H2,1-2H3;3-11,13,17,25H,2,12,14H2,1H3;4,6-11,13,17,25H,2,12,14H2,1H3;3-11,22H,2H2,1H3/b9-7+,10-8+;2*5-3+,6-4+;6-4+;5-3+,6-4+. The lowest BCUT2D eigenvalue weighted by Crippen LogP contribution is -2.23. The largest absolute Gasteiger partial charge is 0.508 e. The topological polar surface area (TPSA) is 262 Å². The molecule has 0 spiro atoms. The van der Waals surface area contributed by atoms with Gasteiger partial charge in [0.25, 0.3) is 0 Å². The Hall–Kier alpha value is -14.0. The van der Waals surface area contributed by atoms with Crippen molar-refractivity contribution >= 4 is 174 Å². The summed E-state index contributed by atoms with van der Waals surface area (Å²) in [5, 5.41) is 41.3. The number of pyridine rings is 5. The number of ether oxygens (including phenoxy) is 5. The first-order chi connectivity index (χ1) is 65.8. The lowest BCUT2D eigenvalue weighted by molar-refractivity contribution is 0.0842. The van der Waals surface area contributed by atoms with Crippen molar-refractivity contribution in [3.05, 3.63) is 326 Å². The molecule has 3 atom stereocenters. The maximum atomic E-state index is 13.7. The molecule has 10 heterocycles. The van der Waals surface area contributed by atoms with Crippen molar-refractivity contribution in [3.63, 3.8) is 0 Å². The van der Waals surface area contributed by atoms with Crippen LogP contribution in [0.1, 0.15) is 90.7 Å². The number of aromatic nitrogens is 10. The van der Waals surface area contributed by atoms with E-state index in [-0.39, 0.29) is 25.6 Å². The van der Waals surface area contributed by atoms with E-state index in [1.807, 2.05) is 245 Å². The number of fused-ring (bicyclic) bond motifs is 5. The van der Waals surface area contributed by atoms with E-state index in [1.54, 1.807) is 104 Å². The molecular weight excluding hydrogens is 1810 g/mol. The number of aliphatic hydroxyl groups is 3. The van der Waals surface area contributed by atoms with E-state index >= 15 is 0 Å². The van der Waals surface area contributed by atoms with Crippen molar-refractivity contribution in [2.75, 3.05) is 91.0 Å². The summed E-state index contributed by atoms with van der Waals surface area (Å²) in [6.07, 6.45) is 44.9. The summed E-state index contributed by atoms with van der Waals surface area (Å²) in [5.41, 5.74) is 11.6. The molecule has 30 heteroatoms. The van der Waals surface area contributed by atoms with Crippen LogP contribution in [0.2, 0.25) is 0 Å². The SMILES string of the molecule is C=CCN(CC=C)c1ccc(/C=C/C=C/c2nc3cc(OC)c(OC)cc3s2)cn1.CCc1ccc(/C=C/C=C/c2nc3ccc(O)cc3s2)c(F)n1.CCc1ccc(/C=C/C=C/c2nc3ccc(OCC(O)CF)cc3s2)cn1.CCc1ccc(C#C/C=C/c2nc3ccc(OCC(O)CF)cc3s2)cn1.CN(C)c1ccc(/C=C/C=C/c2nc3ccc(OC(CO)CF)cc3s2)cn1. The van der Waals surface area contributed by atoms with Crippen LogP contribution in [0, 0.1) is 17.8 Å². The third kappa shape index (κ3) is 32.1. The number of phenolic OH excluding ortho intramolecular Hbond substituents is 1. The van der Waals surface area contributed by atoms with Gasteiger partial charge < -0.3 is 53.9 Å². The fourth-order valence-corrected chi connectivity index (χ4v) is 16.6. The van der Waals surface area contributed by atoms with Crippen molar-refractivity contribution in [1.29, 1.82) is 0 Å². The molecule has 0 amide bonds. The Labute approximate surface area is 802 Å². The number of aliphatic hydroxyl groups excluding tert-OH is 3. The zero-order valence-corrected chi connectivity index (χ0v) is 79.5. The molecule has 4 N–H and O–H groups in total. The predicted molar refractivity (Wildman–Crippen MR) is 550 cm³/mol. The number of halogens is 4. The third-order valence-corrected chi connectivity index (χ3v) is 24.0. The minimum atomic E-state index is -1.10. The van der Waals surface area contributed by atoms with Gasteiger partial charge in [-0.1, -0.05) is 124 Å². The number of allylic oxidation sites excluding steroid dienone is 9. The van der Waals surface area contributed by atoms with Crippen molar-refractivity contribution in [2.45, 2.75) is 58.3 Å². The van der Waals surface area contributed by atoms with Crippen molar-refractivity contribution in [1.82, 2.24) is 49.8 Å². The van der Waals surface area contributed by atoms with Gasteiger partial charge in [-0.3, -0.25) is 9.97 Å². The summed E-state index contributed by atoms with van der Waals surface area (Å²) >= 11 is 7.66.